The number of aliphatic carboxylic acids is 2. The summed E-state index contributed by atoms with van der Waals surface area (Å²) in [5.74, 6) is -0.833. The van der Waals surface area contributed by atoms with E-state index in [9.17, 15) is 14.9 Å². The van der Waals surface area contributed by atoms with Crippen molar-refractivity contribution >= 4 is 23.5 Å². The molecule has 0 aliphatic heterocycles. The second-order valence-electron chi connectivity index (χ2n) is 5.99. The van der Waals surface area contributed by atoms with Crippen molar-refractivity contribution in [2.24, 2.45) is 0 Å². The Kier molecular flexibility index (Phi) is 11.2. The number of carboxylic acids is 2. The lowest BCUT2D eigenvalue weighted by Gasteiger charge is -2.16. The van der Waals surface area contributed by atoms with Gasteiger partial charge >= 0.3 is 11.9 Å². The number of halogens is 1. The Morgan fingerprint density at radius 3 is 2.39 bits per heavy atom. The summed E-state index contributed by atoms with van der Waals surface area (Å²) in [7, 11) is 1.88. The SMILES string of the molecule is CCCOc1c(CNC)cccc1Oc1cc(Cl)ccc1C#N.O=C(O)/C=C/C(=O)O. The Labute approximate surface area is 185 Å². The molecule has 0 saturated heterocycles. The second-order valence-corrected chi connectivity index (χ2v) is 6.42. The van der Waals surface area contributed by atoms with Gasteiger partial charge in [0.1, 0.15) is 11.8 Å². The maximum atomic E-state index is 9.55. The van der Waals surface area contributed by atoms with Gasteiger partial charge in [-0.25, -0.2) is 9.59 Å². The van der Waals surface area contributed by atoms with Crippen LogP contribution in [0.25, 0.3) is 0 Å². The average Bonchev–Trinajstić information content (AvgIpc) is 2.73. The number of para-hydroxylation sites is 1. The third kappa shape index (κ3) is 9.21. The van der Waals surface area contributed by atoms with Crippen LogP contribution in [0.3, 0.4) is 0 Å². The van der Waals surface area contributed by atoms with Crippen LogP contribution in [0.1, 0.15) is 24.5 Å². The predicted octanol–water partition coefficient (Wildman–Crippen LogP) is 4.22. The maximum absolute atomic E-state index is 9.55. The summed E-state index contributed by atoms with van der Waals surface area (Å²) >= 11 is 6.01. The standard InChI is InChI=1S/C18H19ClN2O2.C4H4O4/c1-3-9-22-18-14(12-21-2)5-4-6-16(18)23-17-10-15(19)8-7-13(17)11-20;5-3(6)1-2-4(7)8/h4-8,10,21H,3,9,12H2,1-2H3;1-2H,(H,5,6)(H,7,8)/b;2-1+. The zero-order valence-electron chi connectivity index (χ0n) is 17.1. The molecule has 0 radical (unpaired) electrons. The number of carboxylic acid groups (broad SMARTS) is 2. The minimum Gasteiger partial charge on any atom is -0.489 e. The maximum Gasteiger partial charge on any atom is 0.328 e. The fourth-order valence-corrected chi connectivity index (χ4v) is 2.44. The lowest BCUT2D eigenvalue weighted by atomic mass is 10.1. The van der Waals surface area contributed by atoms with Crippen LogP contribution in [0.2, 0.25) is 5.02 Å². The van der Waals surface area contributed by atoms with Crippen LogP contribution in [-0.2, 0) is 16.1 Å². The zero-order chi connectivity index (χ0) is 23.2. The molecular weight excluding hydrogens is 424 g/mol. The van der Waals surface area contributed by atoms with Crippen molar-refractivity contribution in [1.82, 2.24) is 5.32 Å². The number of rotatable bonds is 9. The van der Waals surface area contributed by atoms with Gasteiger partial charge in [0.05, 0.1) is 12.2 Å². The molecule has 0 bridgehead atoms. The number of hydrogen-bond donors (Lipinski definition) is 3. The topological polar surface area (TPSA) is 129 Å². The summed E-state index contributed by atoms with van der Waals surface area (Å²) in [6.07, 6.45) is 2.01. The van der Waals surface area contributed by atoms with Crippen molar-refractivity contribution in [3.63, 3.8) is 0 Å². The minimum atomic E-state index is -1.26. The molecule has 164 valence electrons. The van der Waals surface area contributed by atoms with Crippen molar-refractivity contribution in [1.29, 1.82) is 5.26 Å². The van der Waals surface area contributed by atoms with Crippen LogP contribution in [0, 0.1) is 11.3 Å². The molecule has 0 atom stereocenters. The predicted molar refractivity (Wildman–Crippen MR) is 116 cm³/mol. The molecule has 0 aromatic heterocycles. The van der Waals surface area contributed by atoms with E-state index >= 15 is 0 Å². The Bertz CT molecular complexity index is 953. The van der Waals surface area contributed by atoms with Gasteiger partial charge in [0.2, 0.25) is 0 Å². The summed E-state index contributed by atoms with van der Waals surface area (Å²) < 4.78 is 11.8. The lowest BCUT2D eigenvalue weighted by molar-refractivity contribution is -0.134. The van der Waals surface area contributed by atoms with Crippen molar-refractivity contribution in [2.75, 3.05) is 13.7 Å². The van der Waals surface area contributed by atoms with Crippen molar-refractivity contribution in [2.45, 2.75) is 19.9 Å². The molecule has 2 rings (SSSR count). The van der Waals surface area contributed by atoms with E-state index in [4.69, 9.17) is 31.3 Å². The Morgan fingerprint density at radius 1 is 1.16 bits per heavy atom. The fourth-order valence-electron chi connectivity index (χ4n) is 2.27. The van der Waals surface area contributed by atoms with E-state index in [1.165, 1.54) is 0 Å². The second kappa shape index (κ2) is 13.6. The van der Waals surface area contributed by atoms with Gasteiger partial charge < -0.3 is 25.0 Å². The molecule has 0 spiro atoms. The molecule has 0 saturated carbocycles. The first-order valence-corrected chi connectivity index (χ1v) is 9.60. The summed E-state index contributed by atoms with van der Waals surface area (Å²) in [6, 6.07) is 12.8. The number of nitrogens with one attached hydrogen (secondary N) is 1. The number of hydrogen-bond acceptors (Lipinski definition) is 6. The van der Waals surface area contributed by atoms with Gasteiger partial charge in [-0.05, 0) is 31.7 Å². The van der Waals surface area contributed by atoms with Crippen LogP contribution in [0.5, 0.6) is 17.2 Å². The smallest absolute Gasteiger partial charge is 0.328 e. The highest BCUT2D eigenvalue weighted by Gasteiger charge is 2.14. The summed E-state index contributed by atoms with van der Waals surface area (Å²) in [5.41, 5.74) is 1.42. The Hall–Kier alpha value is -3.54. The Balaban J connectivity index is 0.000000512. The van der Waals surface area contributed by atoms with Crippen molar-refractivity contribution in [3.8, 4) is 23.3 Å². The highest BCUT2D eigenvalue weighted by atomic mass is 35.5. The molecular formula is C22H23ClN2O6. The van der Waals surface area contributed by atoms with Crippen LogP contribution in [0.4, 0.5) is 0 Å². The van der Waals surface area contributed by atoms with E-state index in [-0.39, 0.29) is 0 Å². The summed E-state index contributed by atoms with van der Waals surface area (Å²) in [5, 5.41) is 28.5. The largest absolute Gasteiger partial charge is 0.489 e. The van der Waals surface area contributed by atoms with Gasteiger partial charge in [0, 0.05) is 35.3 Å². The van der Waals surface area contributed by atoms with Gasteiger partial charge in [0.15, 0.2) is 11.5 Å². The fraction of sp³-hybridized carbons (Fsp3) is 0.227. The van der Waals surface area contributed by atoms with Gasteiger partial charge in [-0.3, -0.25) is 0 Å². The summed E-state index contributed by atoms with van der Waals surface area (Å²) in [4.78, 5) is 19.1. The zero-order valence-corrected chi connectivity index (χ0v) is 17.8. The van der Waals surface area contributed by atoms with Crippen LogP contribution < -0.4 is 14.8 Å². The van der Waals surface area contributed by atoms with Gasteiger partial charge in [-0.1, -0.05) is 30.7 Å². The van der Waals surface area contributed by atoms with Gasteiger partial charge in [-0.2, -0.15) is 5.26 Å². The monoisotopic (exact) mass is 446 g/mol. The molecule has 31 heavy (non-hydrogen) atoms. The van der Waals surface area contributed by atoms with Crippen molar-refractivity contribution < 1.29 is 29.3 Å². The van der Waals surface area contributed by atoms with Gasteiger partial charge in [0.25, 0.3) is 0 Å². The number of nitriles is 1. The van der Waals surface area contributed by atoms with Crippen LogP contribution in [0.15, 0.2) is 48.6 Å². The molecule has 0 fully saturated rings. The normalized spacial score (nSPS) is 10.0. The molecule has 9 heteroatoms. The lowest BCUT2D eigenvalue weighted by Crippen LogP contribution is -2.08. The third-order valence-corrected chi connectivity index (χ3v) is 3.77. The number of carbonyl (C=O) groups is 2. The number of ether oxygens (including phenoxy) is 2. The third-order valence-electron chi connectivity index (χ3n) is 3.53. The quantitative estimate of drug-likeness (QED) is 0.488. The first kappa shape index (κ1) is 25.5. The first-order valence-electron chi connectivity index (χ1n) is 9.23. The van der Waals surface area contributed by atoms with E-state index in [0.29, 0.717) is 53.1 Å². The molecule has 8 nitrogen and oxygen atoms in total. The van der Waals surface area contributed by atoms with Crippen LogP contribution in [-0.4, -0.2) is 35.8 Å². The molecule has 2 aromatic carbocycles. The highest BCUT2D eigenvalue weighted by Crippen LogP contribution is 2.37. The van der Waals surface area contributed by atoms with Crippen molar-refractivity contribution in [3.05, 3.63) is 64.7 Å². The summed E-state index contributed by atoms with van der Waals surface area (Å²) in [6.45, 7) is 3.31. The highest BCUT2D eigenvalue weighted by molar-refractivity contribution is 6.30. The molecule has 3 N–H and O–H groups in total. The number of benzene rings is 2. The molecule has 0 aliphatic carbocycles. The van der Waals surface area contributed by atoms with E-state index in [1.807, 2.05) is 32.2 Å². The first-order chi connectivity index (χ1) is 14.8. The molecule has 0 aliphatic rings. The molecule has 0 amide bonds. The molecule has 0 unspecified atom stereocenters. The molecule has 2 aromatic rings. The minimum absolute atomic E-state index is 0.419. The van der Waals surface area contributed by atoms with E-state index in [1.54, 1.807) is 18.2 Å². The van der Waals surface area contributed by atoms with Gasteiger partial charge in [-0.15, -0.1) is 0 Å². The average molecular weight is 447 g/mol. The molecule has 0 heterocycles. The Morgan fingerprint density at radius 2 is 1.84 bits per heavy atom. The van der Waals surface area contributed by atoms with E-state index < -0.39 is 11.9 Å². The number of nitrogens with zero attached hydrogens (tertiary/aromatic N) is 1. The van der Waals surface area contributed by atoms with E-state index in [0.717, 1.165) is 12.0 Å². The van der Waals surface area contributed by atoms with Crippen LogP contribution >= 0.6 is 11.6 Å². The van der Waals surface area contributed by atoms with E-state index in [2.05, 4.69) is 11.4 Å².